The number of sulfone groups is 1. The van der Waals surface area contributed by atoms with Gasteiger partial charge >= 0.3 is 0 Å². The van der Waals surface area contributed by atoms with Crippen molar-refractivity contribution in [3.63, 3.8) is 0 Å². The van der Waals surface area contributed by atoms with Gasteiger partial charge in [-0.15, -0.1) is 11.3 Å². The Labute approximate surface area is 216 Å². The number of para-hydroxylation sites is 1. The average Bonchev–Trinajstić information content (AvgIpc) is 3.52. The first kappa shape index (κ1) is 23.9. The molecule has 0 spiro atoms. The zero-order valence-electron chi connectivity index (χ0n) is 18.9. The summed E-state index contributed by atoms with van der Waals surface area (Å²) in [5.74, 6) is -0.382. The number of rotatable bonds is 6. The van der Waals surface area contributed by atoms with Gasteiger partial charge in [0.2, 0.25) is 0 Å². The highest BCUT2D eigenvalue weighted by Crippen LogP contribution is 2.37. The van der Waals surface area contributed by atoms with Gasteiger partial charge in [0.25, 0.3) is 5.91 Å². The first-order chi connectivity index (χ1) is 17.3. The molecule has 2 aromatic carbocycles. The standard InChI is InChI=1S/C26H19ClN4O3S2/c1-36(33,34)19-8-4-6-17(14-19)24-11-12-25(35-24)23-15-21(26(32)29-18-7-5-13-28-16-18)30-31(23)22-10-3-2-9-20(22)27/h2-16H,1H3,(H,29,32). The number of thiophene rings is 1. The van der Waals surface area contributed by atoms with Gasteiger partial charge in [-0.05, 0) is 60.2 Å². The molecule has 1 amide bonds. The van der Waals surface area contributed by atoms with Crippen molar-refractivity contribution in [2.75, 3.05) is 11.6 Å². The van der Waals surface area contributed by atoms with Crippen molar-refractivity contribution in [3.05, 3.63) is 102 Å². The van der Waals surface area contributed by atoms with Gasteiger partial charge in [0, 0.05) is 17.3 Å². The monoisotopic (exact) mass is 534 g/mol. The summed E-state index contributed by atoms with van der Waals surface area (Å²) in [5.41, 5.74) is 2.86. The molecule has 0 saturated carbocycles. The lowest BCUT2D eigenvalue weighted by molar-refractivity contribution is 0.102. The summed E-state index contributed by atoms with van der Waals surface area (Å²) in [6, 6.07) is 23.1. The molecule has 1 N–H and O–H groups in total. The van der Waals surface area contributed by atoms with Crippen LogP contribution in [0, 0.1) is 0 Å². The van der Waals surface area contributed by atoms with E-state index in [1.807, 2.05) is 36.4 Å². The summed E-state index contributed by atoms with van der Waals surface area (Å²) in [4.78, 5) is 19.0. The maximum atomic E-state index is 13.0. The van der Waals surface area contributed by atoms with E-state index in [1.165, 1.54) is 17.6 Å². The fourth-order valence-electron chi connectivity index (χ4n) is 3.62. The van der Waals surface area contributed by atoms with E-state index in [9.17, 15) is 13.2 Å². The van der Waals surface area contributed by atoms with Crippen LogP contribution in [-0.4, -0.2) is 35.3 Å². The van der Waals surface area contributed by atoms with Gasteiger partial charge in [0.15, 0.2) is 15.5 Å². The smallest absolute Gasteiger partial charge is 0.276 e. The number of anilines is 1. The molecule has 3 aromatic heterocycles. The molecule has 0 radical (unpaired) electrons. The zero-order valence-corrected chi connectivity index (χ0v) is 21.3. The Morgan fingerprint density at radius 2 is 1.78 bits per heavy atom. The van der Waals surface area contributed by atoms with E-state index >= 15 is 0 Å². The first-order valence-electron chi connectivity index (χ1n) is 10.8. The topological polar surface area (TPSA) is 93.9 Å². The number of aromatic nitrogens is 3. The summed E-state index contributed by atoms with van der Waals surface area (Å²) in [6.07, 6.45) is 4.37. The summed E-state index contributed by atoms with van der Waals surface area (Å²) >= 11 is 7.94. The van der Waals surface area contributed by atoms with Crippen LogP contribution in [0.3, 0.4) is 0 Å². The predicted octanol–water partition coefficient (Wildman–Crippen LogP) is 5.97. The predicted molar refractivity (Wildman–Crippen MR) is 143 cm³/mol. The van der Waals surface area contributed by atoms with Crippen LogP contribution in [-0.2, 0) is 9.84 Å². The molecule has 0 atom stereocenters. The van der Waals surface area contributed by atoms with Crippen molar-refractivity contribution in [1.29, 1.82) is 0 Å². The van der Waals surface area contributed by atoms with Crippen LogP contribution >= 0.6 is 22.9 Å². The maximum absolute atomic E-state index is 13.0. The molecule has 0 aliphatic rings. The Bertz CT molecular complexity index is 1680. The number of hydrogen-bond donors (Lipinski definition) is 1. The summed E-state index contributed by atoms with van der Waals surface area (Å²) in [6.45, 7) is 0. The number of nitrogens with one attached hydrogen (secondary N) is 1. The third kappa shape index (κ3) is 4.94. The Hall–Kier alpha value is -3.79. The van der Waals surface area contributed by atoms with Crippen molar-refractivity contribution < 1.29 is 13.2 Å². The van der Waals surface area contributed by atoms with E-state index in [1.54, 1.807) is 59.5 Å². The number of hydrogen-bond acceptors (Lipinski definition) is 6. The number of carbonyl (C=O) groups excluding carboxylic acids is 1. The number of nitrogens with zero attached hydrogens (tertiary/aromatic N) is 3. The molecular weight excluding hydrogens is 516 g/mol. The molecule has 0 unspecified atom stereocenters. The fourth-order valence-corrected chi connectivity index (χ4v) is 5.50. The van der Waals surface area contributed by atoms with Gasteiger partial charge in [-0.1, -0.05) is 35.9 Å². The van der Waals surface area contributed by atoms with Crippen molar-refractivity contribution in [3.8, 4) is 26.7 Å². The molecule has 0 bridgehead atoms. The Balaban J connectivity index is 1.57. The molecular formula is C26H19ClN4O3S2. The molecule has 5 rings (SSSR count). The normalized spacial score (nSPS) is 11.4. The summed E-state index contributed by atoms with van der Waals surface area (Å²) < 4.78 is 25.7. The number of amides is 1. The Morgan fingerprint density at radius 1 is 0.972 bits per heavy atom. The van der Waals surface area contributed by atoms with E-state index in [-0.39, 0.29) is 16.5 Å². The SMILES string of the molecule is CS(=O)(=O)c1cccc(-c2ccc(-c3cc(C(=O)Nc4cccnc4)nn3-c3ccccc3Cl)s2)c1. The lowest BCUT2D eigenvalue weighted by Crippen LogP contribution is -2.13. The first-order valence-corrected chi connectivity index (χ1v) is 13.9. The minimum absolute atomic E-state index is 0.211. The molecule has 5 aromatic rings. The minimum atomic E-state index is -3.33. The molecule has 0 aliphatic carbocycles. The highest BCUT2D eigenvalue weighted by atomic mass is 35.5. The van der Waals surface area contributed by atoms with Gasteiger partial charge < -0.3 is 5.32 Å². The molecule has 10 heteroatoms. The second-order valence-electron chi connectivity index (χ2n) is 7.94. The Morgan fingerprint density at radius 3 is 2.53 bits per heavy atom. The second kappa shape index (κ2) is 9.69. The van der Waals surface area contributed by atoms with Crippen LogP contribution in [0.4, 0.5) is 5.69 Å². The quantitative estimate of drug-likeness (QED) is 0.289. The van der Waals surface area contributed by atoms with Gasteiger partial charge in [0.1, 0.15) is 0 Å². The van der Waals surface area contributed by atoms with Crippen LogP contribution in [0.5, 0.6) is 0 Å². The Kier molecular flexibility index (Phi) is 6.44. The third-order valence-corrected chi connectivity index (χ3v) is 7.93. The molecule has 7 nitrogen and oxygen atoms in total. The van der Waals surface area contributed by atoms with Crippen molar-refractivity contribution in [2.45, 2.75) is 4.90 Å². The van der Waals surface area contributed by atoms with Crippen LogP contribution < -0.4 is 5.32 Å². The lowest BCUT2D eigenvalue weighted by atomic mass is 10.2. The molecule has 180 valence electrons. The second-order valence-corrected chi connectivity index (χ2v) is 11.4. The largest absolute Gasteiger partial charge is 0.319 e. The van der Waals surface area contributed by atoms with Crippen LogP contribution in [0.2, 0.25) is 5.02 Å². The van der Waals surface area contributed by atoms with Gasteiger partial charge in [0.05, 0.1) is 38.1 Å². The van der Waals surface area contributed by atoms with E-state index in [0.29, 0.717) is 22.1 Å². The van der Waals surface area contributed by atoms with Crippen LogP contribution in [0.25, 0.3) is 26.7 Å². The van der Waals surface area contributed by atoms with E-state index in [0.717, 1.165) is 15.3 Å². The number of carbonyl (C=O) groups is 1. The fraction of sp³-hybridized carbons (Fsp3) is 0.0385. The van der Waals surface area contributed by atoms with Crippen molar-refractivity contribution in [2.24, 2.45) is 0 Å². The average molecular weight is 535 g/mol. The maximum Gasteiger partial charge on any atom is 0.276 e. The lowest BCUT2D eigenvalue weighted by Gasteiger charge is -2.08. The number of halogens is 1. The molecule has 36 heavy (non-hydrogen) atoms. The van der Waals surface area contributed by atoms with Crippen molar-refractivity contribution in [1.82, 2.24) is 14.8 Å². The molecule has 0 aliphatic heterocycles. The number of pyridine rings is 1. The van der Waals surface area contributed by atoms with E-state index < -0.39 is 9.84 Å². The zero-order chi connectivity index (χ0) is 25.3. The van der Waals surface area contributed by atoms with Crippen LogP contribution in [0.15, 0.2) is 96.2 Å². The summed E-state index contributed by atoms with van der Waals surface area (Å²) in [5, 5.41) is 7.86. The molecule has 3 heterocycles. The van der Waals surface area contributed by atoms with Crippen LogP contribution in [0.1, 0.15) is 10.5 Å². The minimum Gasteiger partial charge on any atom is -0.319 e. The summed E-state index contributed by atoms with van der Waals surface area (Å²) in [7, 11) is -3.33. The van der Waals surface area contributed by atoms with Gasteiger partial charge in [-0.2, -0.15) is 5.10 Å². The van der Waals surface area contributed by atoms with E-state index in [4.69, 9.17) is 11.6 Å². The molecule has 0 fully saturated rings. The third-order valence-electron chi connectivity index (χ3n) is 5.35. The highest BCUT2D eigenvalue weighted by Gasteiger charge is 2.20. The van der Waals surface area contributed by atoms with Gasteiger partial charge in [-0.3, -0.25) is 9.78 Å². The highest BCUT2D eigenvalue weighted by molar-refractivity contribution is 7.90. The van der Waals surface area contributed by atoms with Crippen molar-refractivity contribution >= 4 is 44.4 Å². The van der Waals surface area contributed by atoms with E-state index in [2.05, 4.69) is 15.4 Å². The van der Waals surface area contributed by atoms with Gasteiger partial charge in [-0.25, -0.2) is 13.1 Å². The molecule has 0 saturated heterocycles. The number of benzene rings is 2.